The monoisotopic (exact) mass is 825 g/mol. The van der Waals surface area contributed by atoms with Crippen molar-refractivity contribution in [3.05, 3.63) is 139 Å². The average molecular weight is 825 g/mol. The van der Waals surface area contributed by atoms with Gasteiger partial charge >= 0.3 is 0 Å². The van der Waals surface area contributed by atoms with Gasteiger partial charge in [-0.15, -0.1) is 59.7 Å². The van der Waals surface area contributed by atoms with E-state index in [4.69, 9.17) is 0 Å². The van der Waals surface area contributed by atoms with Crippen molar-refractivity contribution in [3.8, 4) is 33.6 Å². The molecule has 0 saturated heterocycles. The Morgan fingerprint density at radius 3 is 2.15 bits per heavy atom. The molecule has 0 saturated carbocycles. The van der Waals surface area contributed by atoms with Crippen LogP contribution in [0.3, 0.4) is 0 Å². The fraction of sp³-hybridized carbons (Fsp3) is 0.190. The largest absolute Gasteiger partial charge is 0.305 e. The first kappa shape index (κ1) is 34.6. The van der Waals surface area contributed by atoms with Crippen molar-refractivity contribution in [1.29, 1.82) is 0 Å². The van der Waals surface area contributed by atoms with Crippen LogP contribution in [-0.2, 0) is 26.5 Å². The van der Waals surface area contributed by atoms with Crippen LogP contribution in [0.1, 0.15) is 26.3 Å². The normalized spacial score (nSPS) is 11.5. The number of hydrogen-bond acceptors (Lipinski definition) is 3. The Hall–Kier alpha value is -3.73. The molecule has 0 spiro atoms. The number of fused-ring (bicyclic) bond motifs is 3. The van der Waals surface area contributed by atoms with Gasteiger partial charge in [-0.25, -0.2) is 0 Å². The number of rotatable bonds is 5. The molecule has 3 aromatic heterocycles. The first-order chi connectivity index (χ1) is 22.0. The van der Waals surface area contributed by atoms with Crippen molar-refractivity contribution in [1.82, 2.24) is 9.97 Å². The smallest absolute Gasteiger partial charge is 0.0795 e. The van der Waals surface area contributed by atoms with Gasteiger partial charge in [-0.2, -0.15) is 11.3 Å². The molecule has 4 aromatic carbocycles. The Kier molecular flexibility index (Phi) is 10.7. The van der Waals surface area contributed by atoms with Gasteiger partial charge in [0.1, 0.15) is 0 Å². The fourth-order valence-corrected chi connectivity index (χ4v) is 7.71. The van der Waals surface area contributed by atoms with Gasteiger partial charge in [0.15, 0.2) is 0 Å². The molecule has 2 nitrogen and oxygen atoms in total. The van der Waals surface area contributed by atoms with Gasteiger partial charge in [-0.3, -0.25) is 0 Å². The van der Waals surface area contributed by atoms with Crippen molar-refractivity contribution >= 4 is 44.8 Å². The van der Waals surface area contributed by atoms with Gasteiger partial charge in [0.05, 0.1) is 8.07 Å². The number of thiophene rings is 1. The fourth-order valence-electron chi connectivity index (χ4n) is 5.57. The molecule has 0 N–H and O–H groups in total. The second-order valence-corrected chi connectivity index (χ2v) is 20.2. The summed E-state index contributed by atoms with van der Waals surface area (Å²) in [5.41, 5.74) is 8.21. The molecule has 1 radical (unpaired) electrons. The van der Waals surface area contributed by atoms with E-state index in [9.17, 15) is 0 Å². The molecule has 0 aliphatic heterocycles. The molecule has 0 amide bonds. The maximum atomic E-state index is 4.63. The molecule has 47 heavy (non-hydrogen) atoms. The van der Waals surface area contributed by atoms with E-state index in [-0.39, 0.29) is 25.5 Å². The van der Waals surface area contributed by atoms with Gasteiger partial charge < -0.3 is 9.97 Å². The molecule has 7 aromatic rings. The molecule has 0 bridgehead atoms. The topological polar surface area (TPSA) is 25.8 Å². The predicted octanol–water partition coefficient (Wildman–Crippen LogP) is 11.3. The quantitative estimate of drug-likeness (QED) is 0.128. The molecule has 3 heterocycles. The van der Waals surface area contributed by atoms with Crippen LogP contribution in [0, 0.1) is 17.5 Å². The Bertz CT molecular complexity index is 2070. The summed E-state index contributed by atoms with van der Waals surface area (Å²) in [6.07, 6.45) is 4.98. The second-order valence-electron chi connectivity index (χ2n) is 14.0. The first-order valence-corrected chi connectivity index (χ1v) is 20.2. The number of benzene rings is 4. The van der Waals surface area contributed by atoms with Crippen LogP contribution in [0.2, 0.25) is 19.6 Å². The number of hydrogen-bond donors (Lipinski definition) is 0. The number of aromatic nitrogens is 2. The first-order valence-electron chi connectivity index (χ1n) is 15.9. The van der Waals surface area contributed by atoms with Crippen LogP contribution >= 0.6 is 11.3 Å². The number of pyridine rings is 2. The van der Waals surface area contributed by atoms with Gasteiger partial charge in [-0.1, -0.05) is 112 Å². The summed E-state index contributed by atoms with van der Waals surface area (Å²) in [7, 11) is -1.23. The van der Waals surface area contributed by atoms with Crippen LogP contribution in [0.15, 0.2) is 122 Å². The third-order valence-electron chi connectivity index (χ3n) is 7.96. The molecule has 239 valence electrons. The Labute approximate surface area is 298 Å². The summed E-state index contributed by atoms with van der Waals surface area (Å²) < 4.78 is 2.59. The van der Waals surface area contributed by atoms with Crippen LogP contribution in [0.4, 0.5) is 0 Å². The van der Waals surface area contributed by atoms with E-state index < -0.39 is 8.07 Å². The third kappa shape index (κ3) is 8.60. The zero-order chi connectivity index (χ0) is 32.3. The molecule has 5 heteroatoms. The summed E-state index contributed by atoms with van der Waals surface area (Å²) in [6, 6.07) is 45.0. The van der Waals surface area contributed by atoms with Gasteiger partial charge in [-0.05, 0) is 61.8 Å². The molecule has 0 unspecified atom stereocenters. The minimum atomic E-state index is -1.23. The summed E-state index contributed by atoms with van der Waals surface area (Å²) in [5, 5.41) is 3.96. The molecular weight excluding hydrogens is 785 g/mol. The van der Waals surface area contributed by atoms with Crippen molar-refractivity contribution in [2.75, 3.05) is 0 Å². The van der Waals surface area contributed by atoms with E-state index in [1.165, 1.54) is 42.0 Å². The van der Waals surface area contributed by atoms with Crippen molar-refractivity contribution in [2.45, 2.75) is 46.8 Å². The molecule has 0 aliphatic carbocycles. The molecule has 0 atom stereocenters. The van der Waals surface area contributed by atoms with Crippen molar-refractivity contribution in [3.63, 3.8) is 0 Å². The zero-order valence-electron chi connectivity index (χ0n) is 27.9. The van der Waals surface area contributed by atoms with Gasteiger partial charge in [0, 0.05) is 37.2 Å². The van der Waals surface area contributed by atoms with E-state index in [0.717, 1.165) is 28.9 Å². The van der Waals surface area contributed by atoms with Crippen LogP contribution in [0.5, 0.6) is 0 Å². The summed E-state index contributed by atoms with van der Waals surface area (Å²) >= 11 is 1.84. The maximum Gasteiger partial charge on any atom is 0.0795 e. The van der Waals surface area contributed by atoms with E-state index in [2.05, 4.69) is 147 Å². The molecular formula is C42H40IrN2SSi-2. The summed E-state index contributed by atoms with van der Waals surface area (Å²) in [5.74, 6) is 0. The minimum Gasteiger partial charge on any atom is -0.305 e. The number of nitrogens with zero attached hydrogens (tertiary/aromatic N) is 2. The molecule has 0 fully saturated rings. The van der Waals surface area contributed by atoms with E-state index in [0.29, 0.717) is 0 Å². The van der Waals surface area contributed by atoms with Gasteiger partial charge in [0.25, 0.3) is 0 Å². The van der Waals surface area contributed by atoms with Crippen LogP contribution in [0.25, 0.3) is 53.8 Å². The molecule has 0 aliphatic rings. The van der Waals surface area contributed by atoms with Gasteiger partial charge in [0.2, 0.25) is 0 Å². The molecule has 7 rings (SSSR count). The Morgan fingerprint density at radius 2 is 1.47 bits per heavy atom. The zero-order valence-corrected chi connectivity index (χ0v) is 32.1. The van der Waals surface area contributed by atoms with E-state index in [1.807, 2.05) is 48.0 Å². The predicted molar refractivity (Wildman–Crippen MR) is 201 cm³/mol. The van der Waals surface area contributed by atoms with E-state index in [1.54, 1.807) is 0 Å². The SMILES string of the molecule is CC(C)(C)Cc1ccnc(-c2[c-]cc3c(c2)sc2ccc(-c4ccccc4)cc23)c1.C[Si](C)(C)c1ccc(-c2[c-]cccc2)nc1.[Ir]. The Balaban J connectivity index is 0.000000217. The average Bonchev–Trinajstić information content (AvgIpc) is 3.42. The summed E-state index contributed by atoms with van der Waals surface area (Å²) in [4.78, 5) is 9.15. The van der Waals surface area contributed by atoms with E-state index >= 15 is 0 Å². The van der Waals surface area contributed by atoms with Crippen molar-refractivity contribution < 1.29 is 20.1 Å². The summed E-state index contributed by atoms with van der Waals surface area (Å²) in [6.45, 7) is 13.8. The second kappa shape index (κ2) is 14.6. The third-order valence-corrected chi connectivity index (χ3v) is 11.1. The minimum absolute atomic E-state index is 0. The maximum absolute atomic E-state index is 4.63. The van der Waals surface area contributed by atoms with Crippen LogP contribution in [-0.4, -0.2) is 18.0 Å². The van der Waals surface area contributed by atoms with Crippen LogP contribution < -0.4 is 5.19 Å². The standard InChI is InChI=1S/C28H24NS.C14H16NSi.Ir/c1-28(2,3)18-19-13-14-29-25(15-19)22-9-11-23-24-16-21(20-7-5-4-6-8-20)10-12-26(24)30-27(23)17-22;1-16(2,3)13-9-10-14(15-11-13)12-7-5-4-6-8-12;/h4-8,10-17H,18H2,1-3H3;4-7,9-11H,1-3H3;/q2*-1;. The Morgan fingerprint density at radius 1 is 0.681 bits per heavy atom. The van der Waals surface area contributed by atoms with Crippen molar-refractivity contribution in [2.24, 2.45) is 5.41 Å².